The third kappa shape index (κ3) is 2.78. The van der Waals surface area contributed by atoms with Crippen LogP contribution >= 0.6 is 11.8 Å². The monoisotopic (exact) mass is 264 g/mol. The summed E-state index contributed by atoms with van der Waals surface area (Å²) in [6.45, 7) is -1.39. The molecular formula is C10H14F2N2O2S. The van der Waals surface area contributed by atoms with Crippen LogP contribution in [0.15, 0.2) is 12.4 Å². The molecule has 2 heterocycles. The van der Waals surface area contributed by atoms with Crippen molar-refractivity contribution in [2.24, 2.45) is 5.41 Å². The molecule has 4 nitrogen and oxygen atoms in total. The summed E-state index contributed by atoms with van der Waals surface area (Å²) >= 11 is 1.49. The van der Waals surface area contributed by atoms with Crippen molar-refractivity contribution >= 4 is 11.8 Å². The highest BCUT2D eigenvalue weighted by Gasteiger charge is 2.37. The van der Waals surface area contributed by atoms with Crippen LogP contribution in [0.3, 0.4) is 0 Å². The summed E-state index contributed by atoms with van der Waals surface area (Å²) in [6.07, 6.45) is 2.64. The Morgan fingerprint density at radius 2 is 2.35 bits per heavy atom. The first-order chi connectivity index (χ1) is 8.17. The van der Waals surface area contributed by atoms with Crippen molar-refractivity contribution in [2.75, 3.05) is 25.6 Å². The lowest BCUT2D eigenvalue weighted by Gasteiger charge is -2.39. The van der Waals surface area contributed by atoms with E-state index in [1.807, 2.05) is 0 Å². The van der Waals surface area contributed by atoms with Gasteiger partial charge in [0.25, 0.3) is 0 Å². The number of hydrogen-bond donors (Lipinski definition) is 1. The summed E-state index contributed by atoms with van der Waals surface area (Å²) in [5.41, 5.74) is -0.188. The van der Waals surface area contributed by atoms with E-state index in [0.717, 1.165) is 4.57 Å². The van der Waals surface area contributed by atoms with Gasteiger partial charge in [-0.05, 0) is 0 Å². The highest BCUT2D eigenvalue weighted by Crippen LogP contribution is 2.32. The predicted molar refractivity (Wildman–Crippen MR) is 60.0 cm³/mol. The van der Waals surface area contributed by atoms with E-state index in [1.165, 1.54) is 24.2 Å². The first-order valence-electron chi connectivity index (χ1n) is 5.23. The molecule has 1 aliphatic heterocycles. The van der Waals surface area contributed by atoms with E-state index in [2.05, 4.69) is 4.98 Å². The zero-order valence-electron chi connectivity index (χ0n) is 9.18. The number of imidazole rings is 1. The molecule has 17 heavy (non-hydrogen) atoms. The number of aliphatic hydroxyl groups excluding tert-OH is 1. The SMILES string of the molecule is OCC1(CSCc2nccn2C(F)F)COC1. The van der Waals surface area contributed by atoms with Crippen LogP contribution in [0.5, 0.6) is 0 Å². The average Bonchev–Trinajstić information content (AvgIpc) is 2.70. The summed E-state index contributed by atoms with van der Waals surface area (Å²) in [6, 6.07) is 0. The highest BCUT2D eigenvalue weighted by atomic mass is 32.2. The fourth-order valence-corrected chi connectivity index (χ4v) is 2.80. The molecule has 0 bridgehead atoms. The van der Waals surface area contributed by atoms with Gasteiger partial charge in [0.05, 0.1) is 25.6 Å². The maximum absolute atomic E-state index is 12.5. The average molecular weight is 264 g/mol. The molecule has 0 spiro atoms. The molecule has 0 aliphatic carbocycles. The molecule has 0 radical (unpaired) electrons. The van der Waals surface area contributed by atoms with Crippen LogP contribution in [-0.4, -0.2) is 40.2 Å². The Bertz CT molecular complexity index is 363. The van der Waals surface area contributed by atoms with Crippen LogP contribution in [0.2, 0.25) is 0 Å². The van der Waals surface area contributed by atoms with Crippen molar-refractivity contribution in [3.8, 4) is 0 Å². The van der Waals surface area contributed by atoms with Gasteiger partial charge in [0.1, 0.15) is 5.82 Å². The second-order valence-electron chi connectivity index (χ2n) is 4.17. The topological polar surface area (TPSA) is 47.3 Å². The molecule has 1 aromatic heterocycles. The molecule has 0 unspecified atom stereocenters. The molecular weight excluding hydrogens is 250 g/mol. The van der Waals surface area contributed by atoms with Gasteiger partial charge < -0.3 is 9.84 Å². The summed E-state index contributed by atoms with van der Waals surface area (Å²) in [5, 5.41) is 9.20. The first-order valence-corrected chi connectivity index (χ1v) is 6.38. The van der Waals surface area contributed by atoms with Crippen molar-refractivity contribution in [3.05, 3.63) is 18.2 Å². The standard InChI is InChI=1S/C10H14F2N2O2S/c11-9(12)14-2-1-13-8(14)3-17-7-10(4-15)5-16-6-10/h1-2,9,15H,3-7H2. The Balaban J connectivity index is 1.83. The fourth-order valence-electron chi connectivity index (χ4n) is 1.60. The molecule has 96 valence electrons. The third-order valence-corrected chi connectivity index (χ3v) is 4.03. The Kier molecular flexibility index (Phi) is 4.01. The molecule has 1 fully saturated rings. The van der Waals surface area contributed by atoms with E-state index in [4.69, 9.17) is 4.74 Å². The van der Waals surface area contributed by atoms with E-state index in [-0.39, 0.29) is 12.0 Å². The first kappa shape index (κ1) is 12.8. The summed E-state index contributed by atoms with van der Waals surface area (Å²) in [5.74, 6) is 1.47. The van der Waals surface area contributed by atoms with E-state index in [0.29, 0.717) is 30.5 Å². The van der Waals surface area contributed by atoms with Crippen molar-refractivity contribution in [1.29, 1.82) is 0 Å². The minimum atomic E-state index is -2.55. The second kappa shape index (κ2) is 5.32. The maximum Gasteiger partial charge on any atom is 0.319 e. The molecule has 7 heteroatoms. The number of halogens is 2. The van der Waals surface area contributed by atoms with Crippen LogP contribution in [0.1, 0.15) is 12.4 Å². The minimum Gasteiger partial charge on any atom is -0.396 e. The molecule has 0 amide bonds. The van der Waals surface area contributed by atoms with E-state index in [9.17, 15) is 13.9 Å². The van der Waals surface area contributed by atoms with Crippen LogP contribution in [-0.2, 0) is 10.5 Å². The predicted octanol–water partition coefficient (Wildman–Crippen LogP) is 1.52. The number of aliphatic hydroxyl groups is 1. The number of aromatic nitrogens is 2. The number of nitrogens with zero attached hydrogens (tertiary/aromatic N) is 2. The van der Waals surface area contributed by atoms with Crippen LogP contribution < -0.4 is 0 Å². The van der Waals surface area contributed by atoms with E-state index >= 15 is 0 Å². The number of ether oxygens (including phenoxy) is 1. The van der Waals surface area contributed by atoms with Gasteiger partial charge in [-0.15, -0.1) is 0 Å². The largest absolute Gasteiger partial charge is 0.396 e. The Morgan fingerprint density at radius 3 is 2.88 bits per heavy atom. The minimum absolute atomic E-state index is 0.0727. The molecule has 1 aliphatic rings. The summed E-state index contributed by atoms with van der Waals surface area (Å²) in [7, 11) is 0. The maximum atomic E-state index is 12.5. The highest BCUT2D eigenvalue weighted by molar-refractivity contribution is 7.98. The Morgan fingerprint density at radius 1 is 1.59 bits per heavy atom. The summed E-state index contributed by atoms with van der Waals surface area (Å²) < 4.78 is 31.0. The van der Waals surface area contributed by atoms with E-state index < -0.39 is 6.55 Å². The molecule has 0 saturated carbocycles. The van der Waals surface area contributed by atoms with Crippen LogP contribution in [0.25, 0.3) is 0 Å². The van der Waals surface area contributed by atoms with E-state index in [1.54, 1.807) is 0 Å². The fraction of sp³-hybridized carbons (Fsp3) is 0.700. The lowest BCUT2D eigenvalue weighted by molar-refractivity contribution is -0.121. The van der Waals surface area contributed by atoms with Crippen molar-refractivity contribution in [3.63, 3.8) is 0 Å². The van der Waals surface area contributed by atoms with Gasteiger partial charge >= 0.3 is 6.55 Å². The Labute approximate surface area is 102 Å². The van der Waals surface area contributed by atoms with Gasteiger partial charge in [-0.1, -0.05) is 0 Å². The van der Waals surface area contributed by atoms with Gasteiger partial charge in [0, 0.05) is 23.6 Å². The zero-order chi connectivity index (χ0) is 12.3. The van der Waals surface area contributed by atoms with Crippen LogP contribution in [0.4, 0.5) is 8.78 Å². The number of thioether (sulfide) groups is 1. The zero-order valence-corrected chi connectivity index (χ0v) is 10.00. The third-order valence-electron chi connectivity index (χ3n) is 2.75. The van der Waals surface area contributed by atoms with Crippen LogP contribution in [0, 0.1) is 5.41 Å². The molecule has 1 N–H and O–H groups in total. The lowest BCUT2D eigenvalue weighted by atomic mass is 9.90. The van der Waals surface area contributed by atoms with Gasteiger partial charge in [-0.3, -0.25) is 4.57 Å². The quantitative estimate of drug-likeness (QED) is 0.846. The summed E-state index contributed by atoms with van der Waals surface area (Å²) in [4.78, 5) is 3.90. The van der Waals surface area contributed by atoms with Crippen molar-refractivity contribution in [1.82, 2.24) is 9.55 Å². The smallest absolute Gasteiger partial charge is 0.319 e. The second-order valence-corrected chi connectivity index (χ2v) is 5.16. The van der Waals surface area contributed by atoms with Gasteiger partial charge in [0.15, 0.2) is 0 Å². The molecule has 0 aromatic carbocycles. The molecule has 1 aromatic rings. The number of alkyl halides is 2. The number of rotatable bonds is 6. The number of hydrogen-bond acceptors (Lipinski definition) is 4. The van der Waals surface area contributed by atoms with Crippen molar-refractivity contribution in [2.45, 2.75) is 12.3 Å². The Hall–Kier alpha value is -0.660. The van der Waals surface area contributed by atoms with Gasteiger partial charge in [-0.2, -0.15) is 20.5 Å². The van der Waals surface area contributed by atoms with Crippen molar-refractivity contribution < 1.29 is 18.6 Å². The molecule has 1 saturated heterocycles. The van der Waals surface area contributed by atoms with Gasteiger partial charge in [-0.25, -0.2) is 4.98 Å². The normalized spacial score (nSPS) is 18.4. The molecule has 2 rings (SSSR count). The van der Waals surface area contributed by atoms with Gasteiger partial charge in [0.2, 0.25) is 0 Å². The lowest BCUT2D eigenvalue weighted by Crippen LogP contribution is -2.47. The molecule has 0 atom stereocenters.